The van der Waals surface area contributed by atoms with Crippen LogP contribution in [0, 0.1) is 12.8 Å². The molecule has 178 valence electrons. The molecule has 8 heteroatoms. The molecular formula is C27H26N4O3S. The topological polar surface area (TPSA) is 71.0 Å². The summed E-state index contributed by atoms with van der Waals surface area (Å²) in [4.78, 5) is 32.1. The highest BCUT2D eigenvalue weighted by molar-refractivity contribution is 7.20. The quantitative estimate of drug-likeness (QED) is 0.370. The first-order chi connectivity index (χ1) is 17.1. The maximum absolute atomic E-state index is 14.0. The van der Waals surface area contributed by atoms with Crippen molar-refractivity contribution in [1.29, 1.82) is 0 Å². The molecule has 0 atom stereocenters. The summed E-state index contributed by atoms with van der Waals surface area (Å²) >= 11 is 1.48. The smallest absolute Gasteiger partial charge is 0.283 e. The molecule has 0 radical (unpaired) electrons. The zero-order valence-corrected chi connectivity index (χ0v) is 20.3. The first-order valence-electron chi connectivity index (χ1n) is 11.9. The Hall–Kier alpha value is -3.49. The highest BCUT2D eigenvalue weighted by Gasteiger charge is 2.23. The number of pyridine rings is 1. The van der Waals surface area contributed by atoms with Crippen LogP contribution in [0.1, 0.15) is 24.1 Å². The molecule has 0 amide bonds. The van der Waals surface area contributed by atoms with Gasteiger partial charge in [0, 0.05) is 31.5 Å². The van der Waals surface area contributed by atoms with Gasteiger partial charge in [-0.3, -0.25) is 14.3 Å². The van der Waals surface area contributed by atoms with Crippen LogP contribution in [0.3, 0.4) is 0 Å². The molecular weight excluding hydrogens is 460 g/mol. The van der Waals surface area contributed by atoms with Gasteiger partial charge in [0.05, 0.1) is 27.7 Å². The van der Waals surface area contributed by atoms with Gasteiger partial charge in [0.2, 0.25) is 5.13 Å². The van der Waals surface area contributed by atoms with E-state index in [2.05, 4.69) is 0 Å². The summed E-state index contributed by atoms with van der Waals surface area (Å²) in [6.07, 6.45) is 1.85. The first kappa shape index (κ1) is 22.0. The Labute approximate surface area is 205 Å². The predicted molar refractivity (Wildman–Crippen MR) is 139 cm³/mol. The second-order valence-corrected chi connectivity index (χ2v) is 10.1. The van der Waals surface area contributed by atoms with E-state index in [0.717, 1.165) is 41.8 Å². The maximum atomic E-state index is 14.0. The molecule has 1 aliphatic heterocycles. The second kappa shape index (κ2) is 8.94. The third kappa shape index (κ3) is 3.92. The van der Waals surface area contributed by atoms with Crippen LogP contribution in [-0.2, 0) is 17.8 Å². The van der Waals surface area contributed by atoms with E-state index in [0.29, 0.717) is 40.7 Å². The lowest BCUT2D eigenvalue weighted by Crippen LogP contribution is -2.29. The molecule has 0 bridgehead atoms. The van der Waals surface area contributed by atoms with Gasteiger partial charge in [0.1, 0.15) is 0 Å². The van der Waals surface area contributed by atoms with E-state index in [4.69, 9.17) is 9.72 Å². The molecule has 4 heterocycles. The lowest BCUT2D eigenvalue weighted by molar-refractivity contribution is 0.0608. The van der Waals surface area contributed by atoms with Gasteiger partial charge in [-0.1, -0.05) is 53.8 Å². The number of benzene rings is 2. The van der Waals surface area contributed by atoms with E-state index in [-0.39, 0.29) is 11.1 Å². The van der Waals surface area contributed by atoms with Crippen LogP contribution in [0.5, 0.6) is 0 Å². The van der Waals surface area contributed by atoms with Crippen LogP contribution in [-0.4, -0.2) is 32.1 Å². The van der Waals surface area contributed by atoms with Crippen LogP contribution in [0.2, 0.25) is 0 Å². The highest BCUT2D eigenvalue weighted by Crippen LogP contribution is 2.27. The van der Waals surface area contributed by atoms with Gasteiger partial charge >= 0.3 is 0 Å². The van der Waals surface area contributed by atoms with Gasteiger partial charge in [-0.05, 0) is 43.4 Å². The van der Waals surface area contributed by atoms with E-state index >= 15 is 0 Å². The van der Waals surface area contributed by atoms with Crippen molar-refractivity contribution in [2.45, 2.75) is 32.9 Å². The van der Waals surface area contributed by atoms with Gasteiger partial charge in [0.25, 0.3) is 11.1 Å². The minimum Gasteiger partial charge on any atom is -0.381 e. The number of ether oxygens (including phenoxy) is 1. The monoisotopic (exact) mass is 486 g/mol. The lowest BCUT2D eigenvalue weighted by Gasteiger charge is -2.23. The van der Waals surface area contributed by atoms with Crippen molar-refractivity contribution in [3.8, 4) is 5.13 Å². The third-order valence-electron chi connectivity index (χ3n) is 6.90. The Kier molecular flexibility index (Phi) is 5.62. The molecule has 6 rings (SSSR count). The molecule has 0 unspecified atom stereocenters. The number of hydrogen-bond donors (Lipinski definition) is 0. The molecule has 5 aromatic rings. The molecule has 1 saturated heterocycles. The summed E-state index contributed by atoms with van der Waals surface area (Å²) in [5.74, 6) is 0.371. The minimum absolute atomic E-state index is 0.0789. The number of para-hydroxylation sites is 1. The summed E-state index contributed by atoms with van der Waals surface area (Å²) in [6, 6.07) is 19.5. The fraction of sp³-hybridized carbons (Fsp3) is 0.296. The number of aromatic nitrogens is 4. The Bertz CT molecular complexity index is 1610. The minimum atomic E-state index is -0.145. The van der Waals surface area contributed by atoms with Gasteiger partial charge < -0.3 is 9.30 Å². The summed E-state index contributed by atoms with van der Waals surface area (Å²) < 4.78 is 11.8. The Morgan fingerprint density at radius 3 is 2.54 bits per heavy atom. The Morgan fingerprint density at radius 1 is 1.03 bits per heavy atom. The van der Waals surface area contributed by atoms with Crippen LogP contribution in [0.25, 0.3) is 26.3 Å². The van der Waals surface area contributed by atoms with Crippen molar-refractivity contribution < 1.29 is 4.74 Å². The number of thiazole rings is 1. The standard InChI is InChI=1S/C27H26N4O3S/c1-18-25-22(15-24(32)29(18)16-20-11-13-34-14-12-20)30(17-19-7-3-2-4-8-19)31(26(25)33)27-28-21-9-5-6-10-23(21)35-27/h2-10,15,20H,11-14,16-17H2,1H3. The average Bonchev–Trinajstić information content (AvgIpc) is 3.41. The van der Waals surface area contributed by atoms with E-state index in [1.807, 2.05) is 66.2 Å². The Morgan fingerprint density at radius 2 is 1.77 bits per heavy atom. The van der Waals surface area contributed by atoms with Gasteiger partial charge in [0.15, 0.2) is 0 Å². The molecule has 7 nitrogen and oxygen atoms in total. The van der Waals surface area contributed by atoms with Crippen LogP contribution >= 0.6 is 11.3 Å². The molecule has 0 N–H and O–H groups in total. The van der Waals surface area contributed by atoms with E-state index in [1.165, 1.54) is 11.3 Å². The third-order valence-corrected chi connectivity index (χ3v) is 7.91. The van der Waals surface area contributed by atoms with E-state index in [9.17, 15) is 9.59 Å². The summed E-state index contributed by atoms with van der Waals surface area (Å²) in [7, 11) is 0. The van der Waals surface area contributed by atoms with E-state index in [1.54, 1.807) is 15.3 Å². The largest absolute Gasteiger partial charge is 0.381 e. The highest BCUT2D eigenvalue weighted by atomic mass is 32.1. The molecule has 1 aliphatic rings. The van der Waals surface area contributed by atoms with Crippen molar-refractivity contribution in [2.75, 3.05) is 13.2 Å². The van der Waals surface area contributed by atoms with Crippen LogP contribution in [0.4, 0.5) is 0 Å². The van der Waals surface area contributed by atoms with Crippen molar-refractivity contribution in [3.63, 3.8) is 0 Å². The zero-order chi connectivity index (χ0) is 23.9. The first-order valence-corrected chi connectivity index (χ1v) is 12.8. The van der Waals surface area contributed by atoms with Gasteiger partial charge in [-0.2, -0.15) is 4.68 Å². The molecule has 0 saturated carbocycles. The fourth-order valence-electron chi connectivity index (χ4n) is 5.01. The van der Waals surface area contributed by atoms with Crippen LogP contribution < -0.4 is 11.1 Å². The molecule has 2 aromatic carbocycles. The normalized spacial score (nSPS) is 14.8. The molecule has 3 aromatic heterocycles. The van der Waals surface area contributed by atoms with Crippen molar-refractivity contribution >= 4 is 32.5 Å². The van der Waals surface area contributed by atoms with Crippen LogP contribution in [0.15, 0.2) is 70.3 Å². The molecule has 35 heavy (non-hydrogen) atoms. The SMILES string of the molecule is Cc1c2c(=O)n(-c3nc4ccccc4s3)n(Cc3ccccc3)c2cc(=O)n1CC1CCOCC1. The van der Waals surface area contributed by atoms with E-state index < -0.39 is 0 Å². The fourth-order valence-corrected chi connectivity index (χ4v) is 5.98. The van der Waals surface area contributed by atoms with Crippen molar-refractivity contribution in [2.24, 2.45) is 5.92 Å². The van der Waals surface area contributed by atoms with Gasteiger partial charge in [-0.15, -0.1) is 0 Å². The average molecular weight is 487 g/mol. The summed E-state index contributed by atoms with van der Waals surface area (Å²) in [6.45, 7) is 4.39. The Balaban J connectivity index is 1.57. The molecule has 0 aliphatic carbocycles. The number of aryl methyl sites for hydroxylation is 1. The number of nitrogens with zero attached hydrogens (tertiary/aromatic N) is 4. The van der Waals surface area contributed by atoms with Gasteiger partial charge in [-0.25, -0.2) is 4.98 Å². The molecule has 0 spiro atoms. The lowest BCUT2D eigenvalue weighted by atomic mass is 10.00. The summed E-state index contributed by atoms with van der Waals surface area (Å²) in [5.41, 5.74) is 3.03. The number of hydrogen-bond acceptors (Lipinski definition) is 5. The second-order valence-electron chi connectivity index (χ2n) is 9.12. The van der Waals surface area contributed by atoms with Crippen molar-refractivity contribution in [1.82, 2.24) is 18.9 Å². The number of rotatable bonds is 5. The zero-order valence-electron chi connectivity index (χ0n) is 19.5. The van der Waals surface area contributed by atoms with Crippen molar-refractivity contribution in [3.05, 3.63) is 92.6 Å². The predicted octanol–water partition coefficient (Wildman–Crippen LogP) is 4.35. The number of fused-ring (bicyclic) bond motifs is 2. The maximum Gasteiger partial charge on any atom is 0.283 e. The molecule has 1 fully saturated rings. The summed E-state index contributed by atoms with van der Waals surface area (Å²) in [5, 5.41) is 1.18.